The highest BCUT2D eigenvalue weighted by atomic mass is 28.1. The van der Waals surface area contributed by atoms with Crippen LogP contribution in [0.3, 0.4) is 0 Å². The van der Waals surface area contributed by atoms with Crippen molar-refractivity contribution < 1.29 is 14.2 Å². The van der Waals surface area contributed by atoms with E-state index in [1.165, 1.54) is 106 Å². The van der Waals surface area contributed by atoms with Gasteiger partial charge in [-0.25, -0.2) is 0 Å². The van der Waals surface area contributed by atoms with E-state index in [0.717, 1.165) is 51.4 Å². The first-order chi connectivity index (χ1) is 19.7. The molecule has 0 heterocycles. The van der Waals surface area contributed by atoms with Crippen LogP contribution >= 0.6 is 0 Å². The van der Waals surface area contributed by atoms with Crippen LogP contribution in [-0.4, -0.2) is 36.0 Å². The molecule has 4 heteroatoms. The molecule has 0 aliphatic rings. The third-order valence-electron chi connectivity index (χ3n) is 7.36. The number of hydrogen-bond acceptors (Lipinski definition) is 3. The normalized spacial score (nSPS) is 13.9. The molecule has 0 fully saturated rings. The lowest BCUT2D eigenvalue weighted by atomic mass is 10.0. The van der Waals surface area contributed by atoms with Crippen molar-refractivity contribution >= 4 is 10.2 Å². The predicted molar refractivity (Wildman–Crippen MR) is 181 cm³/mol. The second-order valence-corrected chi connectivity index (χ2v) is 12.3. The van der Waals surface area contributed by atoms with E-state index in [1.54, 1.807) is 0 Å². The maximum Gasteiger partial charge on any atom is 0.282 e. The fourth-order valence-corrected chi connectivity index (χ4v) is 5.43. The molecule has 0 saturated carbocycles. The highest BCUT2D eigenvalue weighted by Gasteiger charge is 2.32. The zero-order valence-electron chi connectivity index (χ0n) is 27.6. The summed E-state index contributed by atoms with van der Waals surface area (Å²) >= 11 is 0. The average molecular weight is 579 g/mol. The van der Waals surface area contributed by atoms with E-state index in [-0.39, 0.29) is 0 Å². The summed E-state index contributed by atoms with van der Waals surface area (Å²) in [4.78, 5) is 0. The van der Waals surface area contributed by atoms with Gasteiger partial charge in [-0.05, 0) is 44.9 Å². The van der Waals surface area contributed by atoms with Crippen LogP contribution in [-0.2, 0) is 14.2 Å². The Kier molecular flexibility index (Phi) is 32.3. The lowest BCUT2D eigenvalue weighted by molar-refractivity contribution is -0.382. The van der Waals surface area contributed by atoms with Crippen LogP contribution in [0.25, 0.3) is 0 Å². The molecule has 0 aliphatic carbocycles. The fraction of sp³-hybridized carbons (Fsp3) is 0.833. The Morgan fingerprint density at radius 3 is 1.02 bits per heavy atom. The zero-order chi connectivity index (χ0) is 29.2. The Labute approximate surface area is 254 Å². The maximum atomic E-state index is 6.37. The van der Waals surface area contributed by atoms with Gasteiger partial charge in [0.2, 0.25) is 0 Å². The number of ether oxygens (including phenoxy) is 3. The molecule has 236 valence electrons. The van der Waals surface area contributed by atoms with Crippen LogP contribution in [0, 0.1) is 0 Å². The van der Waals surface area contributed by atoms with Crippen molar-refractivity contribution in [3.8, 4) is 0 Å². The van der Waals surface area contributed by atoms with E-state index in [9.17, 15) is 0 Å². The molecule has 0 aromatic carbocycles. The van der Waals surface area contributed by atoms with Crippen LogP contribution in [0.1, 0.15) is 162 Å². The van der Waals surface area contributed by atoms with Crippen molar-refractivity contribution in [2.45, 2.75) is 174 Å². The molecule has 0 bridgehead atoms. The summed E-state index contributed by atoms with van der Waals surface area (Å²) in [5, 5.41) is 0. The Balaban J connectivity index is 4.39. The van der Waals surface area contributed by atoms with Gasteiger partial charge in [0.1, 0.15) is 0 Å². The molecular formula is C36H70O3Si. The topological polar surface area (TPSA) is 27.7 Å². The van der Waals surface area contributed by atoms with Gasteiger partial charge in [-0.2, -0.15) is 0 Å². The van der Waals surface area contributed by atoms with E-state index >= 15 is 0 Å². The summed E-state index contributed by atoms with van der Waals surface area (Å²) in [6.45, 7) is 8.39. The third kappa shape index (κ3) is 27.5. The van der Waals surface area contributed by atoms with Crippen molar-refractivity contribution in [3.05, 3.63) is 36.5 Å². The Morgan fingerprint density at radius 2 is 0.725 bits per heavy atom. The maximum absolute atomic E-state index is 6.37. The molecule has 40 heavy (non-hydrogen) atoms. The molecule has 0 saturated heterocycles. The first-order valence-corrected chi connectivity index (χ1v) is 19.0. The second kappa shape index (κ2) is 32.8. The van der Waals surface area contributed by atoms with Crippen LogP contribution in [0.4, 0.5) is 0 Å². The molecule has 0 N–H and O–H groups in total. The van der Waals surface area contributed by atoms with Crippen LogP contribution in [0.15, 0.2) is 36.5 Å². The summed E-state index contributed by atoms with van der Waals surface area (Å²) in [6.07, 6.45) is 40.7. The number of allylic oxidation sites excluding steroid dienone is 3. The lowest BCUT2D eigenvalue weighted by Gasteiger charge is -2.33. The van der Waals surface area contributed by atoms with Gasteiger partial charge in [-0.15, -0.1) is 0 Å². The molecular weight excluding hydrogens is 508 g/mol. The van der Waals surface area contributed by atoms with Gasteiger partial charge >= 0.3 is 0 Å². The van der Waals surface area contributed by atoms with E-state index in [0.29, 0.717) is 19.8 Å². The Morgan fingerprint density at radius 1 is 0.425 bits per heavy atom. The second-order valence-electron chi connectivity index (χ2n) is 11.3. The summed E-state index contributed by atoms with van der Waals surface area (Å²) in [5.74, 6) is -0.919. The predicted octanol–water partition coefficient (Wildman–Crippen LogP) is 10.8. The van der Waals surface area contributed by atoms with E-state index in [4.69, 9.17) is 14.2 Å². The first kappa shape index (κ1) is 39.3. The van der Waals surface area contributed by atoms with Crippen LogP contribution in [0.2, 0.25) is 6.04 Å². The van der Waals surface area contributed by atoms with Gasteiger partial charge in [-0.1, -0.05) is 153 Å². The molecule has 0 aliphatic heterocycles. The zero-order valence-corrected chi connectivity index (χ0v) is 29.6. The summed E-state index contributed by atoms with van der Waals surface area (Å²) in [7, 11) is 1.39. The van der Waals surface area contributed by atoms with Gasteiger partial charge in [-0.3, -0.25) is 0 Å². The SMILES string of the molecule is CCC=CCCOC(CCCCCCCCCCCCCCCCC[SiH3])(OCCC=CCC)OCCC=CCC. The van der Waals surface area contributed by atoms with Crippen molar-refractivity contribution in [2.24, 2.45) is 0 Å². The molecule has 3 nitrogen and oxygen atoms in total. The Hall–Kier alpha value is -0.683. The largest absolute Gasteiger partial charge is 0.327 e. The molecule has 0 aromatic rings. The van der Waals surface area contributed by atoms with E-state index in [1.807, 2.05) is 0 Å². The first-order valence-electron chi connectivity index (χ1n) is 17.6. The van der Waals surface area contributed by atoms with E-state index < -0.39 is 5.97 Å². The van der Waals surface area contributed by atoms with Crippen LogP contribution < -0.4 is 0 Å². The molecule has 0 atom stereocenters. The molecule has 0 amide bonds. The monoisotopic (exact) mass is 579 g/mol. The third-order valence-corrected chi connectivity index (χ3v) is 8.07. The number of hydrogen-bond donors (Lipinski definition) is 0. The van der Waals surface area contributed by atoms with E-state index in [2.05, 4.69) is 57.2 Å². The van der Waals surface area contributed by atoms with Gasteiger partial charge in [0.25, 0.3) is 5.97 Å². The molecule has 0 spiro atoms. The molecule has 0 unspecified atom stereocenters. The van der Waals surface area contributed by atoms with Crippen LogP contribution in [0.5, 0.6) is 0 Å². The van der Waals surface area contributed by atoms with Gasteiger partial charge in [0, 0.05) is 16.7 Å². The number of rotatable bonds is 32. The highest BCUT2D eigenvalue weighted by molar-refractivity contribution is 6.08. The molecule has 0 aromatic heterocycles. The smallest absolute Gasteiger partial charge is 0.282 e. The standard InChI is InChI=1S/C36H70O3Si/c1-4-7-10-27-32-37-36(38-33-28-11-8-5-2,39-34-29-12-9-6-3)31-26-24-22-20-18-16-14-13-15-17-19-21-23-25-30-35-40/h7-12H,4-6,13-35H2,1-3,40H3. The minimum absolute atomic E-state index is 0.631. The number of unbranched alkanes of at least 4 members (excludes halogenated alkanes) is 14. The molecule has 0 rings (SSSR count). The average Bonchev–Trinajstić information content (AvgIpc) is 2.96. The van der Waals surface area contributed by atoms with Crippen molar-refractivity contribution in [1.29, 1.82) is 0 Å². The molecule has 0 radical (unpaired) electrons. The minimum Gasteiger partial charge on any atom is -0.327 e. The van der Waals surface area contributed by atoms with Crippen molar-refractivity contribution in [2.75, 3.05) is 19.8 Å². The van der Waals surface area contributed by atoms with Crippen molar-refractivity contribution in [1.82, 2.24) is 0 Å². The summed E-state index contributed by atoms with van der Waals surface area (Å²) in [5.41, 5.74) is 0. The quantitative estimate of drug-likeness (QED) is 0.0344. The van der Waals surface area contributed by atoms with Gasteiger partial charge in [0.15, 0.2) is 0 Å². The highest BCUT2D eigenvalue weighted by Crippen LogP contribution is 2.26. The summed E-state index contributed by atoms with van der Waals surface area (Å²) < 4.78 is 19.1. The fourth-order valence-electron chi connectivity index (χ4n) is 4.93. The minimum atomic E-state index is -0.919. The lowest BCUT2D eigenvalue weighted by Crippen LogP contribution is -2.40. The van der Waals surface area contributed by atoms with Gasteiger partial charge in [0.05, 0.1) is 19.8 Å². The van der Waals surface area contributed by atoms with Crippen molar-refractivity contribution in [3.63, 3.8) is 0 Å². The van der Waals surface area contributed by atoms with Gasteiger partial charge < -0.3 is 14.2 Å². The summed E-state index contributed by atoms with van der Waals surface area (Å²) in [6, 6.07) is 1.49. The Bertz CT molecular complexity index is 522.